The summed E-state index contributed by atoms with van der Waals surface area (Å²) < 4.78 is 0. The summed E-state index contributed by atoms with van der Waals surface area (Å²) >= 11 is 2.99. The Morgan fingerprint density at radius 3 is 3.00 bits per heavy atom. The summed E-state index contributed by atoms with van der Waals surface area (Å²) in [7, 11) is 0. The van der Waals surface area contributed by atoms with Crippen molar-refractivity contribution in [3.63, 3.8) is 0 Å². The predicted octanol–water partition coefficient (Wildman–Crippen LogP) is 3.32. The van der Waals surface area contributed by atoms with Crippen molar-refractivity contribution in [2.45, 2.75) is 43.8 Å². The Morgan fingerprint density at radius 2 is 2.27 bits per heavy atom. The van der Waals surface area contributed by atoms with Crippen LogP contribution in [-0.4, -0.2) is 32.9 Å². The number of rotatable bonds is 5. The summed E-state index contributed by atoms with van der Waals surface area (Å²) in [5.41, 5.74) is 0. The number of hydrogen-bond acceptors (Lipinski definition) is 5. The third-order valence-corrected chi connectivity index (χ3v) is 5.66. The number of carbonyl (C=O) groups is 1. The normalized spacial score (nSPS) is 21.7. The van der Waals surface area contributed by atoms with E-state index in [0.29, 0.717) is 17.0 Å². The SMILES string of the molecule is CC1CCC(NC(=O)CSc2n[nH]c(-c3cccs3)n2)CC1. The number of carbonyl (C=O) groups excluding carboxylic acids is 1. The number of nitrogens with one attached hydrogen (secondary N) is 2. The molecule has 1 saturated carbocycles. The average Bonchev–Trinajstić information content (AvgIpc) is 3.18. The fraction of sp³-hybridized carbons (Fsp3) is 0.533. The van der Waals surface area contributed by atoms with Crippen LogP contribution in [0.25, 0.3) is 10.7 Å². The molecule has 118 valence electrons. The molecule has 3 rings (SSSR count). The van der Waals surface area contributed by atoms with E-state index in [1.807, 2.05) is 17.5 Å². The van der Waals surface area contributed by atoms with Crippen LogP contribution in [0.3, 0.4) is 0 Å². The molecule has 7 heteroatoms. The molecule has 2 aromatic heterocycles. The standard InChI is InChI=1S/C15H20N4OS2/c1-10-4-6-11(7-5-10)16-13(20)9-22-15-17-14(18-19-15)12-3-2-8-21-12/h2-3,8,10-11H,4-7,9H2,1H3,(H,16,20)(H,17,18,19). The first-order valence-electron chi connectivity index (χ1n) is 7.59. The van der Waals surface area contributed by atoms with Crippen LogP contribution < -0.4 is 5.32 Å². The van der Waals surface area contributed by atoms with E-state index in [0.717, 1.165) is 29.5 Å². The number of hydrogen-bond donors (Lipinski definition) is 2. The van der Waals surface area contributed by atoms with Gasteiger partial charge >= 0.3 is 0 Å². The van der Waals surface area contributed by atoms with Crippen molar-refractivity contribution in [2.24, 2.45) is 5.92 Å². The van der Waals surface area contributed by atoms with E-state index in [2.05, 4.69) is 27.4 Å². The highest BCUT2D eigenvalue weighted by Crippen LogP contribution is 2.24. The van der Waals surface area contributed by atoms with Crippen molar-refractivity contribution in [1.82, 2.24) is 20.5 Å². The second-order valence-corrected chi connectivity index (χ2v) is 7.65. The monoisotopic (exact) mass is 336 g/mol. The summed E-state index contributed by atoms with van der Waals surface area (Å²) in [6, 6.07) is 4.32. The lowest BCUT2D eigenvalue weighted by atomic mass is 9.87. The molecule has 0 radical (unpaired) electrons. The van der Waals surface area contributed by atoms with Gasteiger partial charge in [0.25, 0.3) is 0 Å². The first kappa shape index (κ1) is 15.6. The zero-order valence-electron chi connectivity index (χ0n) is 12.5. The predicted molar refractivity (Wildman–Crippen MR) is 90.0 cm³/mol. The minimum Gasteiger partial charge on any atom is -0.353 e. The van der Waals surface area contributed by atoms with Crippen LogP contribution in [0.5, 0.6) is 0 Å². The maximum atomic E-state index is 12.0. The fourth-order valence-electron chi connectivity index (χ4n) is 2.64. The maximum Gasteiger partial charge on any atom is 0.230 e. The Hall–Kier alpha value is -1.34. The van der Waals surface area contributed by atoms with Gasteiger partial charge in [-0.2, -0.15) is 0 Å². The van der Waals surface area contributed by atoms with Gasteiger partial charge in [0.2, 0.25) is 11.1 Å². The molecular formula is C15H20N4OS2. The lowest BCUT2D eigenvalue weighted by molar-refractivity contribution is -0.119. The van der Waals surface area contributed by atoms with Gasteiger partial charge in [0.05, 0.1) is 10.6 Å². The number of nitrogens with zero attached hydrogens (tertiary/aromatic N) is 2. The molecule has 0 atom stereocenters. The summed E-state index contributed by atoms with van der Waals surface area (Å²) in [6.07, 6.45) is 4.62. The average molecular weight is 336 g/mol. The molecule has 1 aliphatic carbocycles. The van der Waals surface area contributed by atoms with Crippen LogP contribution in [0, 0.1) is 5.92 Å². The minimum absolute atomic E-state index is 0.0760. The second kappa shape index (κ2) is 7.28. The molecule has 5 nitrogen and oxygen atoms in total. The zero-order valence-corrected chi connectivity index (χ0v) is 14.2. The molecule has 2 N–H and O–H groups in total. The van der Waals surface area contributed by atoms with Gasteiger partial charge in [0.15, 0.2) is 5.82 Å². The van der Waals surface area contributed by atoms with Gasteiger partial charge in [-0.1, -0.05) is 24.8 Å². The smallest absolute Gasteiger partial charge is 0.230 e. The lowest BCUT2D eigenvalue weighted by Gasteiger charge is -2.26. The molecule has 0 bridgehead atoms. The number of thiophene rings is 1. The van der Waals surface area contributed by atoms with Crippen molar-refractivity contribution < 1.29 is 4.79 Å². The molecule has 2 heterocycles. The Bertz CT molecular complexity index is 603. The Balaban J connectivity index is 1.45. The van der Waals surface area contributed by atoms with Crippen LogP contribution in [-0.2, 0) is 4.79 Å². The molecule has 1 fully saturated rings. The van der Waals surface area contributed by atoms with Crippen molar-refractivity contribution in [2.75, 3.05) is 5.75 Å². The molecule has 1 amide bonds. The molecule has 0 saturated heterocycles. The second-order valence-electron chi connectivity index (χ2n) is 5.76. The number of amides is 1. The third kappa shape index (κ3) is 4.10. The van der Waals surface area contributed by atoms with Crippen LogP contribution in [0.1, 0.15) is 32.6 Å². The Labute approximate surface area is 138 Å². The largest absolute Gasteiger partial charge is 0.353 e. The number of thioether (sulfide) groups is 1. The van der Waals surface area contributed by atoms with Crippen LogP contribution >= 0.6 is 23.1 Å². The van der Waals surface area contributed by atoms with E-state index < -0.39 is 0 Å². The summed E-state index contributed by atoms with van der Waals surface area (Å²) in [5.74, 6) is 2.01. The summed E-state index contributed by atoms with van der Waals surface area (Å²) in [4.78, 5) is 17.5. The Kier molecular flexibility index (Phi) is 5.15. The molecule has 0 aromatic carbocycles. The quantitative estimate of drug-likeness (QED) is 0.822. The highest BCUT2D eigenvalue weighted by molar-refractivity contribution is 7.99. The molecular weight excluding hydrogens is 316 g/mol. The van der Waals surface area contributed by atoms with Crippen molar-refractivity contribution in [1.29, 1.82) is 0 Å². The van der Waals surface area contributed by atoms with E-state index in [1.54, 1.807) is 11.3 Å². The van der Waals surface area contributed by atoms with Crippen LogP contribution in [0.15, 0.2) is 22.7 Å². The first-order valence-corrected chi connectivity index (χ1v) is 9.45. The maximum absolute atomic E-state index is 12.0. The molecule has 1 aliphatic rings. The molecule has 2 aromatic rings. The van der Waals surface area contributed by atoms with Crippen molar-refractivity contribution in [3.05, 3.63) is 17.5 Å². The van der Waals surface area contributed by atoms with Crippen LogP contribution in [0.4, 0.5) is 0 Å². The van der Waals surface area contributed by atoms with Gasteiger partial charge < -0.3 is 5.32 Å². The molecule has 0 spiro atoms. The zero-order chi connectivity index (χ0) is 15.4. The van der Waals surface area contributed by atoms with Crippen molar-refractivity contribution in [3.8, 4) is 10.7 Å². The third-order valence-electron chi connectivity index (χ3n) is 3.93. The topological polar surface area (TPSA) is 70.7 Å². The lowest BCUT2D eigenvalue weighted by Crippen LogP contribution is -2.38. The van der Waals surface area contributed by atoms with Gasteiger partial charge in [0, 0.05) is 6.04 Å². The fourth-order valence-corrected chi connectivity index (χ4v) is 3.91. The summed E-state index contributed by atoms with van der Waals surface area (Å²) in [5, 5.41) is 12.8. The van der Waals surface area contributed by atoms with Gasteiger partial charge in [-0.05, 0) is 43.0 Å². The first-order chi connectivity index (χ1) is 10.7. The molecule has 22 heavy (non-hydrogen) atoms. The minimum atomic E-state index is 0.0760. The molecule has 0 unspecified atom stereocenters. The molecule has 0 aliphatic heterocycles. The number of H-pyrrole nitrogens is 1. The highest BCUT2D eigenvalue weighted by Gasteiger charge is 2.20. The van der Waals surface area contributed by atoms with E-state index >= 15 is 0 Å². The van der Waals surface area contributed by atoms with E-state index in [4.69, 9.17) is 0 Å². The van der Waals surface area contributed by atoms with Gasteiger partial charge in [-0.25, -0.2) is 4.98 Å². The highest BCUT2D eigenvalue weighted by atomic mass is 32.2. The summed E-state index contributed by atoms with van der Waals surface area (Å²) in [6.45, 7) is 2.28. The number of aromatic amines is 1. The Morgan fingerprint density at radius 1 is 1.45 bits per heavy atom. The van der Waals surface area contributed by atoms with Crippen LogP contribution in [0.2, 0.25) is 0 Å². The van der Waals surface area contributed by atoms with Gasteiger partial charge in [0.1, 0.15) is 0 Å². The van der Waals surface area contributed by atoms with Crippen molar-refractivity contribution >= 4 is 29.0 Å². The van der Waals surface area contributed by atoms with E-state index in [9.17, 15) is 4.79 Å². The number of aromatic nitrogens is 3. The van der Waals surface area contributed by atoms with Gasteiger partial charge in [-0.15, -0.1) is 16.4 Å². The van der Waals surface area contributed by atoms with Gasteiger partial charge in [-0.3, -0.25) is 9.89 Å². The van der Waals surface area contributed by atoms with E-state index in [-0.39, 0.29) is 5.91 Å². The van der Waals surface area contributed by atoms with E-state index in [1.165, 1.54) is 24.6 Å².